The topological polar surface area (TPSA) is 41.1 Å². The number of amides is 1. The molecule has 1 aromatic carbocycles. The van der Waals surface area contributed by atoms with Gasteiger partial charge in [0.1, 0.15) is 0 Å². The molecular weight excluding hydrogens is 262 g/mol. The first-order valence-electron chi connectivity index (χ1n) is 6.64. The van der Waals surface area contributed by atoms with Crippen LogP contribution in [0.25, 0.3) is 0 Å². The molecule has 2 atom stereocenters. The normalized spacial score (nSPS) is 14.8. The largest absolute Gasteiger partial charge is 0.350 e. The lowest BCUT2D eigenvalue weighted by atomic mass is 10.1. The molecule has 112 valence electrons. The Kier molecular flexibility index (Phi) is 5.22. The number of hydrogen-bond acceptors (Lipinski definition) is 2. The lowest BCUT2D eigenvalue weighted by Crippen LogP contribution is -2.50. The predicted octanol–water partition coefficient (Wildman–Crippen LogP) is 2.92. The highest BCUT2D eigenvalue weighted by Crippen LogP contribution is 2.19. The van der Waals surface area contributed by atoms with E-state index in [1.807, 2.05) is 20.8 Å². The van der Waals surface area contributed by atoms with Gasteiger partial charge in [0.05, 0.1) is 6.04 Å². The van der Waals surface area contributed by atoms with Gasteiger partial charge in [-0.2, -0.15) is 0 Å². The number of hydrogen-bond donors (Lipinski definition) is 2. The van der Waals surface area contributed by atoms with Crippen LogP contribution in [0.2, 0.25) is 0 Å². The van der Waals surface area contributed by atoms with Gasteiger partial charge in [-0.15, -0.1) is 0 Å². The van der Waals surface area contributed by atoms with E-state index in [1.165, 1.54) is 12.1 Å². The van der Waals surface area contributed by atoms with Crippen LogP contribution in [0.1, 0.15) is 46.2 Å². The summed E-state index contributed by atoms with van der Waals surface area (Å²) in [6.07, 6.45) is 0. The van der Waals surface area contributed by atoms with Crippen molar-refractivity contribution < 1.29 is 13.6 Å². The molecule has 0 heterocycles. The third-order valence-corrected chi connectivity index (χ3v) is 2.84. The minimum atomic E-state index is -0.886. The summed E-state index contributed by atoms with van der Waals surface area (Å²) in [7, 11) is 0. The van der Waals surface area contributed by atoms with Crippen molar-refractivity contribution in [2.24, 2.45) is 0 Å². The summed E-state index contributed by atoms with van der Waals surface area (Å²) in [5.74, 6) is -1.94. The maximum absolute atomic E-state index is 13.7. The highest BCUT2D eigenvalue weighted by Gasteiger charge is 2.22. The lowest BCUT2D eigenvalue weighted by Gasteiger charge is -2.25. The summed E-state index contributed by atoms with van der Waals surface area (Å²) in [6.45, 7) is 9.03. The Labute approximate surface area is 118 Å². The van der Waals surface area contributed by atoms with Gasteiger partial charge in [-0.05, 0) is 40.7 Å². The van der Waals surface area contributed by atoms with Gasteiger partial charge in [-0.25, -0.2) is 8.78 Å². The molecule has 2 N–H and O–H groups in total. The number of halogens is 2. The molecule has 0 aliphatic heterocycles. The van der Waals surface area contributed by atoms with Gasteiger partial charge in [-0.3, -0.25) is 10.1 Å². The van der Waals surface area contributed by atoms with Crippen LogP contribution >= 0.6 is 0 Å². The van der Waals surface area contributed by atoms with Crippen LogP contribution in [-0.2, 0) is 4.79 Å². The molecule has 0 aromatic heterocycles. The highest BCUT2D eigenvalue weighted by atomic mass is 19.2. The summed E-state index contributed by atoms with van der Waals surface area (Å²) >= 11 is 0. The minimum Gasteiger partial charge on any atom is -0.350 e. The highest BCUT2D eigenvalue weighted by molar-refractivity contribution is 5.81. The number of nitrogens with one attached hydrogen (secondary N) is 2. The molecule has 20 heavy (non-hydrogen) atoms. The van der Waals surface area contributed by atoms with Crippen molar-refractivity contribution in [3.05, 3.63) is 35.4 Å². The second-order valence-electron chi connectivity index (χ2n) is 5.99. The summed E-state index contributed by atoms with van der Waals surface area (Å²) in [4.78, 5) is 11.9. The summed E-state index contributed by atoms with van der Waals surface area (Å²) in [5, 5.41) is 5.80. The van der Waals surface area contributed by atoms with E-state index in [0.29, 0.717) is 0 Å². The Balaban J connectivity index is 2.73. The summed E-state index contributed by atoms with van der Waals surface area (Å²) in [6, 6.07) is 3.05. The van der Waals surface area contributed by atoms with Crippen molar-refractivity contribution in [2.45, 2.75) is 52.2 Å². The molecule has 0 bridgehead atoms. The second-order valence-corrected chi connectivity index (χ2v) is 5.99. The van der Waals surface area contributed by atoms with Crippen LogP contribution in [-0.4, -0.2) is 17.5 Å². The molecule has 1 amide bonds. The molecular formula is C15H22F2N2O. The van der Waals surface area contributed by atoms with E-state index >= 15 is 0 Å². The van der Waals surface area contributed by atoms with Gasteiger partial charge in [0, 0.05) is 17.1 Å². The Morgan fingerprint density at radius 2 is 1.80 bits per heavy atom. The Morgan fingerprint density at radius 1 is 1.20 bits per heavy atom. The number of benzene rings is 1. The average molecular weight is 284 g/mol. The van der Waals surface area contributed by atoms with Crippen molar-refractivity contribution in [1.82, 2.24) is 10.6 Å². The first kappa shape index (κ1) is 16.6. The zero-order valence-electron chi connectivity index (χ0n) is 12.6. The van der Waals surface area contributed by atoms with Gasteiger partial charge in [0.25, 0.3) is 0 Å². The van der Waals surface area contributed by atoms with Crippen LogP contribution in [0.5, 0.6) is 0 Å². The zero-order valence-corrected chi connectivity index (χ0v) is 12.6. The molecule has 1 rings (SSSR count). The Bertz CT molecular complexity index is 483. The SMILES string of the molecule is CC(NC(C)c1cccc(F)c1F)C(=O)NC(C)(C)C. The number of carbonyl (C=O) groups excluding carboxylic acids is 1. The number of rotatable bonds is 4. The molecule has 2 unspecified atom stereocenters. The molecule has 5 heteroatoms. The first-order valence-corrected chi connectivity index (χ1v) is 6.64. The molecule has 0 spiro atoms. The zero-order chi connectivity index (χ0) is 15.5. The van der Waals surface area contributed by atoms with Crippen molar-refractivity contribution in [2.75, 3.05) is 0 Å². The van der Waals surface area contributed by atoms with E-state index in [0.717, 1.165) is 6.07 Å². The summed E-state index contributed by atoms with van der Waals surface area (Å²) in [5.41, 5.74) is -0.124. The van der Waals surface area contributed by atoms with Crippen LogP contribution in [0.15, 0.2) is 18.2 Å². The minimum absolute atomic E-state index is 0.179. The van der Waals surface area contributed by atoms with Gasteiger partial charge >= 0.3 is 0 Å². The standard InChI is InChI=1S/C15H22F2N2O/c1-9(11-7-6-8-12(16)13(11)17)18-10(2)14(20)19-15(3,4)5/h6-10,18H,1-5H3,(H,19,20). The van der Waals surface area contributed by atoms with Gasteiger partial charge in [-0.1, -0.05) is 12.1 Å². The third kappa shape index (κ3) is 4.56. The van der Waals surface area contributed by atoms with E-state index in [9.17, 15) is 13.6 Å². The van der Waals surface area contributed by atoms with Crippen LogP contribution in [0.3, 0.4) is 0 Å². The summed E-state index contributed by atoms with van der Waals surface area (Å²) < 4.78 is 26.8. The van der Waals surface area contributed by atoms with Crippen molar-refractivity contribution in [1.29, 1.82) is 0 Å². The molecule has 0 aliphatic rings. The molecule has 0 saturated heterocycles. The molecule has 1 aromatic rings. The second kappa shape index (κ2) is 6.31. The predicted molar refractivity (Wildman–Crippen MR) is 75.3 cm³/mol. The van der Waals surface area contributed by atoms with Crippen molar-refractivity contribution >= 4 is 5.91 Å². The van der Waals surface area contributed by atoms with E-state index in [2.05, 4.69) is 10.6 Å². The fraction of sp³-hybridized carbons (Fsp3) is 0.533. The molecule has 0 aliphatic carbocycles. The van der Waals surface area contributed by atoms with Crippen molar-refractivity contribution in [3.63, 3.8) is 0 Å². The third-order valence-electron chi connectivity index (χ3n) is 2.84. The molecule has 0 radical (unpaired) electrons. The quantitative estimate of drug-likeness (QED) is 0.892. The van der Waals surface area contributed by atoms with Crippen LogP contribution in [0, 0.1) is 11.6 Å². The van der Waals surface area contributed by atoms with E-state index < -0.39 is 23.7 Å². The molecule has 0 fully saturated rings. The fourth-order valence-corrected chi connectivity index (χ4v) is 1.87. The van der Waals surface area contributed by atoms with Gasteiger partial charge in [0.15, 0.2) is 11.6 Å². The molecule has 0 saturated carbocycles. The van der Waals surface area contributed by atoms with Crippen LogP contribution < -0.4 is 10.6 Å². The first-order chi connectivity index (χ1) is 9.11. The lowest BCUT2D eigenvalue weighted by molar-refractivity contribution is -0.124. The van der Waals surface area contributed by atoms with E-state index in [4.69, 9.17) is 0 Å². The van der Waals surface area contributed by atoms with E-state index in [1.54, 1.807) is 13.8 Å². The average Bonchev–Trinajstić information content (AvgIpc) is 2.30. The van der Waals surface area contributed by atoms with Crippen molar-refractivity contribution in [3.8, 4) is 0 Å². The monoisotopic (exact) mass is 284 g/mol. The Hall–Kier alpha value is -1.49. The van der Waals surface area contributed by atoms with Crippen LogP contribution in [0.4, 0.5) is 8.78 Å². The maximum atomic E-state index is 13.7. The number of carbonyl (C=O) groups is 1. The van der Waals surface area contributed by atoms with E-state index in [-0.39, 0.29) is 17.0 Å². The fourth-order valence-electron chi connectivity index (χ4n) is 1.87. The Morgan fingerprint density at radius 3 is 2.35 bits per heavy atom. The maximum Gasteiger partial charge on any atom is 0.237 e. The van der Waals surface area contributed by atoms with Gasteiger partial charge in [0.2, 0.25) is 5.91 Å². The smallest absolute Gasteiger partial charge is 0.237 e. The molecule has 3 nitrogen and oxygen atoms in total. The van der Waals surface area contributed by atoms with Gasteiger partial charge < -0.3 is 5.32 Å².